The van der Waals surface area contributed by atoms with Gasteiger partial charge in [-0.2, -0.15) is 4.98 Å². The molecular weight excluding hydrogens is 140 g/mol. The summed E-state index contributed by atoms with van der Waals surface area (Å²) in [4.78, 5) is 15.0. The average Bonchev–Trinajstić information content (AvgIpc) is 2.70. The molecule has 58 valence electrons. The van der Waals surface area contributed by atoms with E-state index >= 15 is 0 Å². The molecule has 2 rings (SSSR count). The van der Waals surface area contributed by atoms with Crippen molar-refractivity contribution in [1.82, 2.24) is 9.55 Å². The summed E-state index contributed by atoms with van der Waals surface area (Å²) in [6.45, 7) is 1.83. The zero-order valence-electron chi connectivity index (χ0n) is 6.45. The monoisotopic (exact) mass is 150 g/mol. The van der Waals surface area contributed by atoms with Crippen molar-refractivity contribution in [1.29, 1.82) is 0 Å². The highest BCUT2D eigenvalue weighted by Crippen LogP contribution is 2.32. The summed E-state index contributed by atoms with van der Waals surface area (Å²) in [5.74, 6) is 0. The molecule has 0 aromatic carbocycles. The van der Waals surface area contributed by atoms with Crippen LogP contribution in [-0.2, 0) is 0 Å². The fraction of sp³-hybridized carbons (Fsp3) is 0.500. The van der Waals surface area contributed by atoms with Gasteiger partial charge in [0.1, 0.15) is 0 Å². The van der Waals surface area contributed by atoms with Crippen LogP contribution in [0.5, 0.6) is 0 Å². The Hall–Kier alpha value is -1.12. The largest absolute Gasteiger partial charge is 0.348 e. The summed E-state index contributed by atoms with van der Waals surface area (Å²) in [7, 11) is 0. The Morgan fingerprint density at radius 2 is 2.36 bits per heavy atom. The van der Waals surface area contributed by atoms with Gasteiger partial charge in [-0.3, -0.25) is 4.57 Å². The lowest BCUT2D eigenvalue weighted by Gasteiger charge is -2.00. The van der Waals surface area contributed by atoms with Gasteiger partial charge in [-0.15, -0.1) is 0 Å². The molecule has 1 aliphatic rings. The van der Waals surface area contributed by atoms with Crippen molar-refractivity contribution in [3.63, 3.8) is 0 Å². The molecule has 0 spiro atoms. The second-order valence-corrected chi connectivity index (χ2v) is 2.99. The number of rotatable bonds is 1. The Bertz CT molecular complexity index is 325. The summed E-state index contributed by atoms with van der Waals surface area (Å²) in [5, 5.41) is 0. The van der Waals surface area contributed by atoms with Crippen LogP contribution in [-0.4, -0.2) is 9.55 Å². The van der Waals surface area contributed by atoms with Crippen molar-refractivity contribution in [3.05, 3.63) is 28.4 Å². The molecule has 1 heterocycles. The van der Waals surface area contributed by atoms with Gasteiger partial charge < -0.3 is 0 Å². The summed E-state index contributed by atoms with van der Waals surface area (Å²) in [5.41, 5.74) is 0.694. The fourth-order valence-electron chi connectivity index (χ4n) is 1.13. The summed E-state index contributed by atoms with van der Waals surface area (Å²) < 4.78 is 1.72. The predicted octanol–water partition coefficient (Wildman–Crippen LogP) is 0.887. The zero-order chi connectivity index (χ0) is 7.84. The number of aryl methyl sites for hydroxylation is 1. The molecule has 1 saturated carbocycles. The van der Waals surface area contributed by atoms with Gasteiger partial charge in [0.25, 0.3) is 0 Å². The highest BCUT2D eigenvalue weighted by Gasteiger charge is 2.24. The van der Waals surface area contributed by atoms with E-state index in [4.69, 9.17) is 0 Å². The standard InChI is InChI=1S/C8H10N2O/c1-6-4-5-10(7-2-3-7)8(11)9-6/h4-5,7H,2-3H2,1H3. The first kappa shape index (κ1) is 6.58. The second-order valence-electron chi connectivity index (χ2n) is 2.99. The third kappa shape index (κ3) is 1.18. The lowest BCUT2D eigenvalue weighted by molar-refractivity contribution is 0.676. The smallest absolute Gasteiger partial charge is 0.296 e. The molecule has 0 saturated heterocycles. The van der Waals surface area contributed by atoms with Gasteiger partial charge in [-0.05, 0) is 25.8 Å². The van der Waals surface area contributed by atoms with E-state index < -0.39 is 0 Å². The van der Waals surface area contributed by atoms with Crippen LogP contribution in [0.25, 0.3) is 0 Å². The molecule has 0 radical (unpaired) electrons. The minimum absolute atomic E-state index is 0.104. The van der Waals surface area contributed by atoms with Gasteiger partial charge in [0.2, 0.25) is 0 Å². The first-order valence-electron chi connectivity index (χ1n) is 3.83. The molecule has 1 aliphatic carbocycles. The van der Waals surface area contributed by atoms with Crippen molar-refractivity contribution < 1.29 is 0 Å². The molecule has 0 bridgehead atoms. The number of hydrogen-bond acceptors (Lipinski definition) is 2. The normalized spacial score (nSPS) is 16.8. The second kappa shape index (κ2) is 2.19. The minimum Gasteiger partial charge on any atom is -0.296 e. The van der Waals surface area contributed by atoms with Gasteiger partial charge in [0.05, 0.1) is 0 Å². The van der Waals surface area contributed by atoms with Crippen molar-refractivity contribution in [3.8, 4) is 0 Å². The van der Waals surface area contributed by atoms with E-state index in [0.29, 0.717) is 6.04 Å². The molecule has 1 aromatic rings. The molecule has 1 aromatic heterocycles. The quantitative estimate of drug-likeness (QED) is 0.595. The Morgan fingerprint density at radius 3 is 2.91 bits per heavy atom. The van der Waals surface area contributed by atoms with Gasteiger partial charge in [-0.25, -0.2) is 4.79 Å². The van der Waals surface area contributed by atoms with Crippen LogP contribution in [0.4, 0.5) is 0 Å². The van der Waals surface area contributed by atoms with Crippen LogP contribution in [0.3, 0.4) is 0 Å². The number of hydrogen-bond donors (Lipinski definition) is 0. The predicted molar refractivity (Wildman–Crippen MR) is 41.5 cm³/mol. The average molecular weight is 150 g/mol. The number of aromatic nitrogens is 2. The van der Waals surface area contributed by atoms with Crippen molar-refractivity contribution in [2.24, 2.45) is 0 Å². The van der Waals surface area contributed by atoms with Crippen LogP contribution < -0.4 is 5.69 Å². The lowest BCUT2D eigenvalue weighted by Crippen LogP contribution is -2.21. The third-order valence-electron chi connectivity index (χ3n) is 1.91. The molecule has 0 aliphatic heterocycles. The molecule has 11 heavy (non-hydrogen) atoms. The lowest BCUT2D eigenvalue weighted by atomic mass is 10.4. The summed E-state index contributed by atoms with van der Waals surface area (Å²) in [6, 6.07) is 2.32. The fourth-order valence-corrected chi connectivity index (χ4v) is 1.13. The molecular formula is C8H10N2O. The van der Waals surface area contributed by atoms with Crippen molar-refractivity contribution in [2.45, 2.75) is 25.8 Å². The molecule has 1 fully saturated rings. The van der Waals surface area contributed by atoms with Crippen LogP contribution in [0.2, 0.25) is 0 Å². The Balaban J connectivity index is 2.48. The Kier molecular flexibility index (Phi) is 1.31. The highest BCUT2D eigenvalue weighted by atomic mass is 16.1. The molecule has 0 atom stereocenters. The molecule has 3 heteroatoms. The van der Waals surface area contributed by atoms with Crippen LogP contribution in [0, 0.1) is 6.92 Å². The zero-order valence-corrected chi connectivity index (χ0v) is 6.45. The van der Waals surface area contributed by atoms with E-state index in [1.54, 1.807) is 4.57 Å². The maximum absolute atomic E-state index is 11.2. The highest BCUT2D eigenvalue weighted by molar-refractivity contribution is 4.98. The van der Waals surface area contributed by atoms with Crippen molar-refractivity contribution >= 4 is 0 Å². The molecule has 3 nitrogen and oxygen atoms in total. The van der Waals surface area contributed by atoms with Crippen LogP contribution in [0.15, 0.2) is 17.1 Å². The maximum atomic E-state index is 11.2. The molecule has 0 N–H and O–H groups in total. The van der Waals surface area contributed by atoms with Crippen LogP contribution >= 0.6 is 0 Å². The Labute approximate surface area is 64.7 Å². The summed E-state index contributed by atoms with van der Waals surface area (Å²) >= 11 is 0. The summed E-state index contributed by atoms with van der Waals surface area (Å²) in [6.07, 6.45) is 4.09. The van der Waals surface area contributed by atoms with E-state index in [-0.39, 0.29) is 5.69 Å². The molecule has 0 unspecified atom stereocenters. The van der Waals surface area contributed by atoms with Gasteiger partial charge in [0.15, 0.2) is 0 Å². The third-order valence-corrected chi connectivity index (χ3v) is 1.91. The van der Waals surface area contributed by atoms with Gasteiger partial charge >= 0.3 is 5.69 Å². The van der Waals surface area contributed by atoms with E-state index in [9.17, 15) is 4.79 Å². The van der Waals surface area contributed by atoms with Gasteiger partial charge in [0, 0.05) is 17.9 Å². The Morgan fingerprint density at radius 1 is 1.64 bits per heavy atom. The van der Waals surface area contributed by atoms with E-state index in [0.717, 1.165) is 18.5 Å². The van der Waals surface area contributed by atoms with E-state index in [2.05, 4.69) is 4.98 Å². The minimum atomic E-state index is -0.104. The van der Waals surface area contributed by atoms with E-state index in [1.807, 2.05) is 19.2 Å². The SMILES string of the molecule is Cc1ccn(C2CC2)c(=O)n1. The first-order chi connectivity index (χ1) is 5.27. The van der Waals surface area contributed by atoms with E-state index in [1.165, 1.54) is 0 Å². The number of nitrogens with zero attached hydrogens (tertiary/aromatic N) is 2. The topological polar surface area (TPSA) is 34.9 Å². The molecule has 0 amide bonds. The van der Waals surface area contributed by atoms with Crippen LogP contribution in [0.1, 0.15) is 24.6 Å². The maximum Gasteiger partial charge on any atom is 0.348 e. The first-order valence-corrected chi connectivity index (χ1v) is 3.83. The van der Waals surface area contributed by atoms with Gasteiger partial charge in [-0.1, -0.05) is 0 Å². The van der Waals surface area contributed by atoms with Crippen molar-refractivity contribution in [2.75, 3.05) is 0 Å².